The first-order valence-corrected chi connectivity index (χ1v) is 9.17. The molecular formula is C22H13N7O2. The van der Waals surface area contributed by atoms with Gasteiger partial charge in [0.25, 0.3) is 0 Å². The molecule has 1 aromatic carbocycles. The number of hydrogen-bond donors (Lipinski definition) is 3. The zero-order valence-corrected chi connectivity index (χ0v) is 16.1. The maximum Gasteiger partial charge on any atom is 0.176 e. The number of aromatic nitrogens is 4. The third-order valence-electron chi connectivity index (χ3n) is 5.06. The predicted octanol–water partition coefficient (Wildman–Crippen LogP) is 3.72. The number of phenolic OH excluding ortho intramolecular Hbond substituents is 1. The number of ether oxygens (including phenoxy) is 1. The summed E-state index contributed by atoms with van der Waals surface area (Å²) in [5.41, 5.74) is 3.80. The van der Waals surface area contributed by atoms with E-state index in [4.69, 9.17) is 9.72 Å². The summed E-state index contributed by atoms with van der Waals surface area (Å²) in [7, 11) is 1.36. The molecule has 3 N–H and O–H groups in total. The van der Waals surface area contributed by atoms with Crippen LogP contribution in [0.2, 0.25) is 0 Å². The average molecular weight is 407 g/mol. The number of H-pyrrole nitrogens is 1. The van der Waals surface area contributed by atoms with Gasteiger partial charge in [-0.15, -0.1) is 0 Å². The van der Waals surface area contributed by atoms with E-state index in [1.807, 2.05) is 18.2 Å². The summed E-state index contributed by atoms with van der Waals surface area (Å²) in [5.74, 6) is 0.571. The molecule has 9 heteroatoms. The Kier molecular flexibility index (Phi) is 4.02. The molecule has 0 fully saturated rings. The molecular weight excluding hydrogens is 394 g/mol. The molecule has 5 rings (SSSR count). The molecule has 0 spiro atoms. The van der Waals surface area contributed by atoms with Crippen LogP contribution in [0.4, 0.5) is 11.5 Å². The molecule has 0 saturated heterocycles. The molecule has 4 aromatic rings. The number of methoxy groups -OCH3 is 1. The lowest BCUT2D eigenvalue weighted by Crippen LogP contribution is -1.97. The summed E-state index contributed by atoms with van der Waals surface area (Å²) < 4.78 is 5.11. The van der Waals surface area contributed by atoms with Crippen LogP contribution in [0.1, 0.15) is 11.1 Å². The second-order valence-electron chi connectivity index (χ2n) is 6.70. The van der Waals surface area contributed by atoms with Gasteiger partial charge in [0, 0.05) is 29.6 Å². The van der Waals surface area contributed by atoms with Crippen molar-refractivity contribution in [2.45, 2.75) is 0 Å². The van der Waals surface area contributed by atoms with Gasteiger partial charge in [-0.2, -0.15) is 10.5 Å². The number of pyridine rings is 2. The second-order valence-corrected chi connectivity index (χ2v) is 6.70. The standard InChI is InChI=1S/C22H13N7O2/c1-31-16-7-11(8-23)17(14(9-24)20(16)30)22-28-18-12-4-6-25-10-15(12)27-21-13(19(18)29-22)3-2-5-26-21/h2-7,10,30H,1H3,(H,26,27)(H,28,29). The van der Waals surface area contributed by atoms with Gasteiger partial charge in [-0.25, -0.2) is 9.97 Å². The molecule has 1 aliphatic rings. The fourth-order valence-corrected chi connectivity index (χ4v) is 3.66. The normalized spacial score (nSPS) is 11.1. The first-order chi connectivity index (χ1) is 15.2. The molecule has 4 heterocycles. The number of fused-ring (bicyclic) bond motifs is 5. The molecule has 0 atom stereocenters. The van der Waals surface area contributed by atoms with E-state index in [2.05, 4.69) is 26.3 Å². The van der Waals surface area contributed by atoms with Crippen LogP contribution in [0.25, 0.3) is 33.9 Å². The molecule has 0 aliphatic carbocycles. The van der Waals surface area contributed by atoms with E-state index in [1.54, 1.807) is 24.7 Å². The number of aromatic hydroxyl groups is 1. The van der Waals surface area contributed by atoms with E-state index < -0.39 is 0 Å². The van der Waals surface area contributed by atoms with E-state index >= 15 is 0 Å². The molecule has 148 valence electrons. The molecule has 0 unspecified atom stereocenters. The molecule has 31 heavy (non-hydrogen) atoms. The Hall–Kier alpha value is -4.89. The van der Waals surface area contributed by atoms with Gasteiger partial charge in [-0.1, -0.05) is 0 Å². The Bertz CT molecular complexity index is 1380. The highest BCUT2D eigenvalue weighted by atomic mass is 16.5. The number of imidazole rings is 1. The van der Waals surface area contributed by atoms with Crippen LogP contribution < -0.4 is 10.1 Å². The number of phenols is 1. The predicted molar refractivity (Wildman–Crippen MR) is 111 cm³/mol. The van der Waals surface area contributed by atoms with E-state index in [9.17, 15) is 15.6 Å². The zero-order chi connectivity index (χ0) is 21.5. The molecule has 9 nitrogen and oxygen atoms in total. The van der Waals surface area contributed by atoms with Crippen molar-refractivity contribution in [2.75, 3.05) is 12.4 Å². The summed E-state index contributed by atoms with van der Waals surface area (Å²) in [6, 6.07) is 10.9. The van der Waals surface area contributed by atoms with Crippen molar-refractivity contribution in [1.29, 1.82) is 10.5 Å². The summed E-state index contributed by atoms with van der Waals surface area (Å²) in [5, 5.41) is 33.2. The van der Waals surface area contributed by atoms with Crippen LogP contribution in [0, 0.1) is 22.7 Å². The fraction of sp³-hybridized carbons (Fsp3) is 0.0455. The SMILES string of the molecule is COc1cc(C#N)c(-c2nc3c([nH]2)-c2ccncc2Nc2ncccc2-3)c(C#N)c1O. The van der Waals surface area contributed by atoms with Gasteiger partial charge in [0.2, 0.25) is 0 Å². The lowest BCUT2D eigenvalue weighted by Gasteiger charge is -2.11. The van der Waals surface area contributed by atoms with Crippen LogP contribution in [0.5, 0.6) is 11.5 Å². The van der Waals surface area contributed by atoms with Crippen molar-refractivity contribution in [3.8, 4) is 57.5 Å². The quantitative estimate of drug-likeness (QED) is 0.402. The number of anilines is 2. The monoisotopic (exact) mass is 407 g/mol. The van der Waals surface area contributed by atoms with Crippen LogP contribution in [0.15, 0.2) is 42.9 Å². The summed E-state index contributed by atoms with van der Waals surface area (Å²) in [6.45, 7) is 0. The Labute approximate surface area is 176 Å². The maximum absolute atomic E-state index is 10.5. The number of benzene rings is 1. The smallest absolute Gasteiger partial charge is 0.176 e. The van der Waals surface area contributed by atoms with Crippen molar-refractivity contribution >= 4 is 11.5 Å². The van der Waals surface area contributed by atoms with Gasteiger partial charge in [0.05, 0.1) is 35.8 Å². The lowest BCUT2D eigenvalue weighted by molar-refractivity contribution is 0.373. The summed E-state index contributed by atoms with van der Waals surface area (Å²) in [6.07, 6.45) is 5.02. The molecule has 3 aromatic heterocycles. The highest BCUT2D eigenvalue weighted by Gasteiger charge is 2.27. The van der Waals surface area contributed by atoms with Crippen LogP contribution in [-0.4, -0.2) is 32.2 Å². The highest BCUT2D eigenvalue weighted by molar-refractivity contribution is 5.95. The number of aromatic amines is 1. The number of rotatable bonds is 2. The van der Waals surface area contributed by atoms with Gasteiger partial charge < -0.3 is 20.1 Å². The third-order valence-corrected chi connectivity index (χ3v) is 5.06. The van der Waals surface area contributed by atoms with Crippen LogP contribution in [-0.2, 0) is 0 Å². The Morgan fingerprint density at radius 2 is 2.00 bits per heavy atom. The maximum atomic E-state index is 10.5. The number of hydrogen-bond acceptors (Lipinski definition) is 8. The first-order valence-electron chi connectivity index (χ1n) is 9.17. The van der Waals surface area contributed by atoms with Crippen LogP contribution >= 0.6 is 0 Å². The first kappa shape index (κ1) is 18.2. The van der Waals surface area contributed by atoms with E-state index in [1.165, 1.54) is 13.2 Å². The van der Waals surface area contributed by atoms with Crippen molar-refractivity contribution in [3.63, 3.8) is 0 Å². The van der Waals surface area contributed by atoms with E-state index in [0.29, 0.717) is 17.2 Å². The summed E-state index contributed by atoms with van der Waals surface area (Å²) >= 11 is 0. The fourth-order valence-electron chi connectivity index (χ4n) is 3.66. The van der Waals surface area contributed by atoms with Crippen molar-refractivity contribution in [3.05, 3.63) is 54.0 Å². The second kappa shape index (κ2) is 6.87. The largest absolute Gasteiger partial charge is 0.503 e. The molecule has 0 bridgehead atoms. The van der Waals surface area contributed by atoms with Gasteiger partial charge >= 0.3 is 0 Å². The molecule has 0 amide bonds. The topological polar surface area (TPSA) is 144 Å². The van der Waals surface area contributed by atoms with E-state index in [0.717, 1.165) is 16.8 Å². The minimum absolute atomic E-state index is 0.0418. The van der Waals surface area contributed by atoms with Gasteiger partial charge in [0.15, 0.2) is 11.5 Å². The van der Waals surface area contributed by atoms with Gasteiger partial charge in [-0.05, 0) is 18.2 Å². The van der Waals surface area contributed by atoms with E-state index in [-0.39, 0.29) is 34.0 Å². The van der Waals surface area contributed by atoms with Crippen LogP contribution in [0.3, 0.4) is 0 Å². The molecule has 0 saturated carbocycles. The van der Waals surface area contributed by atoms with Crippen molar-refractivity contribution in [1.82, 2.24) is 19.9 Å². The Balaban J connectivity index is 1.85. The van der Waals surface area contributed by atoms with Crippen molar-refractivity contribution in [2.24, 2.45) is 0 Å². The number of nitrogens with one attached hydrogen (secondary N) is 2. The third kappa shape index (κ3) is 2.65. The molecule has 0 radical (unpaired) electrons. The number of nitriles is 2. The summed E-state index contributed by atoms with van der Waals surface area (Å²) in [4.78, 5) is 16.6. The average Bonchev–Trinajstić information content (AvgIpc) is 3.18. The Morgan fingerprint density at radius 1 is 1.13 bits per heavy atom. The number of nitrogens with zero attached hydrogens (tertiary/aromatic N) is 5. The van der Waals surface area contributed by atoms with Gasteiger partial charge in [0.1, 0.15) is 35.0 Å². The minimum atomic E-state index is -0.348. The van der Waals surface area contributed by atoms with Crippen molar-refractivity contribution < 1.29 is 9.84 Å². The van der Waals surface area contributed by atoms with Gasteiger partial charge in [-0.3, -0.25) is 4.98 Å². The minimum Gasteiger partial charge on any atom is -0.503 e. The lowest BCUT2D eigenvalue weighted by atomic mass is 10.00. The molecule has 1 aliphatic heterocycles. The highest BCUT2D eigenvalue weighted by Crippen LogP contribution is 2.45. The Morgan fingerprint density at radius 3 is 2.77 bits per heavy atom. The zero-order valence-electron chi connectivity index (χ0n) is 16.1.